The van der Waals surface area contributed by atoms with Gasteiger partial charge in [-0.2, -0.15) is 0 Å². The predicted octanol–water partition coefficient (Wildman–Crippen LogP) is 1.33. The Bertz CT molecular complexity index is 242. The van der Waals surface area contributed by atoms with E-state index >= 15 is 0 Å². The van der Waals surface area contributed by atoms with E-state index in [1.807, 2.05) is 6.92 Å². The van der Waals surface area contributed by atoms with E-state index in [0.717, 1.165) is 0 Å². The lowest BCUT2D eigenvalue weighted by molar-refractivity contribution is -0.167. The second-order valence-corrected chi connectivity index (χ2v) is 3.82. The van der Waals surface area contributed by atoms with Gasteiger partial charge in [0.05, 0.1) is 5.92 Å². The van der Waals surface area contributed by atoms with Crippen LogP contribution >= 0.6 is 0 Å². The van der Waals surface area contributed by atoms with Crippen molar-refractivity contribution in [2.45, 2.75) is 46.1 Å². The van der Waals surface area contributed by atoms with Crippen LogP contribution in [0.3, 0.4) is 0 Å². The number of aliphatic carboxylic acids is 1. The number of carbonyl (C=O) groups excluding carboxylic acids is 1. The molecule has 0 aromatic rings. The molecule has 0 aliphatic rings. The monoisotopic (exact) mass is 217 g/mol. The average Bonchev–Trinajstić information content (AvgIpc) is 2.23. The molecule has 0 aromatic heterocycles. The van der Waals surface area contributed by atoms with Gasteiger partial charge in [0.25, 0.3) is 0 Å². The molecule has 88 valence electrons. The van der Waals surface area contributed by atoms with E-state index in [2.05, 4.69) is 5.48 Å². The van der Waals surface area contributed by atoms with Gasteiger partial charge < -0.3 is 9.94 Å². The Balaban J connectivity index is 4.24. The molecule has 0 bridgehead atoms. The van der Waals surface area contributed by atoms with Crippen molar-refractivity contribution < 1.29 is 19.5 Å². The highest BCUT2D eigenvalue weighted by atomic mass is 16.7. The number of hydrogen-bond acceptors (Lipinski definition) is 4. The van der Waals surface area contributed by atoms with E-state index in [-0.39, 0.29) is 5.92 Å². The van der Waals surface area contributed by atoms with Crippen LogP contribution in [0.2, 0.25) is 0 Å². The minimum absolute atomic E-state index is 0.229. The van der Waals surface area contributed by atoms with Crippen molar-refractivity contribution in [2.24, 2.45) is 5.92 Å². The molecule has 5 heteroatoms. The highest BCUT2D eigenvalue weighted by Gasteiger charge is 2.33. The van der Waals surface area contributed by atoms with Crippen molar-refractivity contribution in [3.8, 4) is 0 Å². The van der Waals surface area contributed by atoms with Gasteiger partial charge in [-0.1, -0.05) is 20.8 Å². The van der Waals surface area contributed by atoms with Gasteiger partial charge in [-0.15, -0.1) is 5.48 Å². The summed E-state index contributed by atoms with van der Waals surface area (Å²) in [7, 11) is 0. The fourth-order valence-corrected chi connectivity index (χ4v) is 0.697. The van der Waals surface area contributed by atoms with Gasteiger partial charge in [0.1, 0.15) is 5.54 Å². The molecule has 0 fully saturated rings. The summed E-state index contributed by atoms with van der Waals surface area (Å²) in [5, 5.41) is 8.89. The third-order valence-electron chi connectivity index (χ3n) is 2.57. The Labute approximate surface area is 89.8 Å². The van der Waals surface area contributed by atoms with Crippen molar-refractivity contribution in [2.75, 3.05) is 0 Å². The lowest BCUT2D eigenvalue weighted by atomic mass is 10.0. The summed E-state index contributed by atoms with van der Waals surface area (Å²) in [6.07, 6.45) is 0.993. The number of hydrogen-bond donors (Lipinski definition) is 2. The third kappa shape index (κ3) is 3.87. The molecule has 2 unspecified atom stereocenters. The normalized spacial score (nSPS) is 16.5. The minimum atomic E-state index is -1.22. The zero-order valence-corrected chi connectivity index (χ0v) is 9.66. The van der Waals surface area contributed by atoms with Crippen LogP contribution < -0.4 is 5.48 Å². The van der Waals surface area contributed by atoms with Crippen molar-refractivity contribution in [3.63, 3.8) is 0 Å². The van der Waals surface area contributed by atoms with Crippen LogP contribution in [-0.4, -0.2) is 22.6 Å². The zero-order chi connectivity index (χ0) is 12.1. The summed E-state index contributed by atoms with van der Waals surface area (Å²) in [5.74, 6) is -1.70. The fraction of sp³-hybridized carbons (Fsp3) is 0.800. The van der Waals surface area contributed by atoms with Crippen LogP contribution in [0.4, 0.5) is 0 Å². The first-order chi connectivity index (χ1) is 6.87. The maximum atomic E-state index is 11.3. The lowest BCUT2D eigenvalue weighted by Crippen LogP contribution is -2.50. The van der Waals surface area contributed by atoms with Gasteiger partial charge in [0.15, 0.2) is 0 Å². The molecular weight excluding hydrogens is 198 g/mol. The standard InChI is InChI=1S/C10H19NO4/c1-5-7(3)8(12)15-11-10(4,6-2)9(13)14/h7,11H,5-6H2,1-4H3,(H,13,14). The molecule has 0 amide bonds. The number of nitrogens with one attached hydrogen (secondary N) is 1. The molecule has 0 spiro atoms. The maximum absolute atomic E-state index is 11.3. The topological polar surface area (TPSA) is 75.6 Å². The first-order valence-electron chi connectivity index (χ1n) is 5.08. The Kier molecular flexibility index (Phi) is 5.28. The number of carboxylic acids is 1. The SMILES string of the molecule is CCC(C)C(=O)ONC(C)(CC)C(=O)O. The van der Waals surface area contributed by atoms with Crippen molar-refractivity contribution >= 4 is 11.9 Å². The molecule has 0 saturated carbocycles. The summed E-state index contributed by atoms with van der Waals surface area (Å²) in [5.41, 5.74) is 1.09. The van der Waals surface area contributed by atoms with Gasteiger partial charge >= 0.3 is 11.9 Å². The van der Waals surface area contributed by atoms with Crippen LogP contribution in [-0.2, 0) is 14.4 Å². The number of rotatable bonds is 6. The van der Waals surface area contributed by atoms with Gasteiger partial charge in [-0.05, 0) is 19.8 Å². The first kappa shape index (κ1) is 13.9. The first-order valence-corrected chi connectivity index (χ1v) is 5.08. The minimum Gasteiger partial charge on any atom is -0.480 e. The predicted molar refractivity (Wildman–Crippen MR) is 55.0 cm³/mol. The van der Waals surface area contributed by atoms with Gasteiger partial charge in [0, 0.05) is 0 Å². The smallest absolute Gasteiger partial charge is 0.327 e. The molecule has 2 atom stereocenters. The molecule has 0 aromatic carbocycles. The molecular formula is C10H19NO4. The Morgan fingerprint density at radius 3 is 2.33 bits per heavy atom. The Morgan fingerprint density at radius 1 is 1.47 bits per heavy atom. The Morgan fingerprint density at radius 2 is 2.00 bits per heavy atom. The largest absolute Gasteiger partial charge is 0.480 e. The number of hydroxylamine groups is 1. The molecule has 5 nitrogen and oxygen atoms in total. The summed E-state index contributed by atoms with van der Waals surface area (Å²) in [4.78, 5) is 26.9. The second kappa shape index (κ2) is 5.70. The molecule has 0 heterocycles. The van der Waals surface area contributed by atoms with E-state index in [1.165, 1.54) is 6.92 Å². The molecule has 2 N–H and O–H groups in total. The molecule has 15 heavy (non-hydrogen) atoms. The molecule has 0 saturated heterocycles. The van der Waals surface area contributed by atoms with Crippen molar-refractivity contribution in [1.82, 2.24) is 5.48 Å². The average molecular weight is 217 g/mol. The Hall–Kier alpha value is -1.10. The maximum Gasteiger partial charge on any atom is 0.327 e. The molecule has 0 radical (unpaired) electrons. The van der Waals surface area contributed by atoms with E-state index in [0.29, 0.717) is 12.8 Å². The second-order valence-electron chi connectivity index (χ2n) is 3.82. The molecule has 0 aliphatic carbocycles. The summed E-state index contributed by atoms with van der Waals surface area (Å²) in [6.45, 7) is 6.77. The van der Waals surface area contributed by atoms with Crippen LogP contribution in [0.1, 0.15) is 40.5 Å². The van der Waals surface area contributed by atoms with Crippen LogP contribution in [0, 0.1) is 5.92 Å². The summed E-state index contributed by atoms with van der Waals surface area (Å²) in [6, 6.07) is 0. The third-order valence-corrected chi connectivity index (χ3v) is 2.57. The highest BCUT2D eigenvalue weighted by Crippen LogP contribution is 2.10. The van der Waals surface area contributed by atoms with E-state index < -0.39 is 17.5 Å². The highest BCUT2D eigenvalue weighted by molar-refractivity contribution is 5.78. The van der Waals surface area contributed by atoms with Crippen LogP contribution in [0.5, 0.6) is 0 Å². The van der Waals surface area contributed by atoms with Crippen LogP contribution in [0.15, 0.2) is 0 Å². The fourth-order valence-electron chi connectivity index (χ4n) is 0.697. The van der Waals surface area contributed by atoms with Crippen LogP contribution in [0.25, 0.3) is 0 Å². The molecule has 0 rings (SSSR count). The van der Waals surface area contributed by atoms with E-state index in [4.69, 9.17) is 9.94 Å². The van der Waals surface area contributed by atoms with Crippen molar-refractivity contribution in [1.29, 1.82) is 0 Å². The van der Waals surface area contributed by atoms with Gasteiger partial charge in [-0.3, -0.25) is 9.59 Å². The molecule has 0 aliphatic heterocycles. The van der Waals surface area contributed by atoms with Crippen molar-refractivity contribution in [3.05, 3.63) is 0 Å². The van der Waals surface area contributed by atoms with E-state index in [9.17, 15) is 9.59 Å². The quantitative estimate of drug-likeness (QED) is 0.656. The van der Waals surface area contributed by atoms with Gasteiger partial charge in [-0.25, -0.2) is 0 Å². The number of carboxylic acid groups (broad SMARTS) is 1. The summed E-state index contributed by atoms with van der Waals surface area (Å²) < 4.78 is 0. The zero-order valence-electron chi connectivity index (χ0n) is 9.66. The number of carbonyl (C=O) groups is 2. The lowest BCUT2D eigenvalue weighted by Gasteiger charge is -2.24. The summed E-state index contributed by atoms with van der Waals surface area (Å²) >= 11 is 0. The van der Waals surface area contributed by atoms with E-state index in [1.54, 1.807) is 13.8 Å². The van der Waals surface area contributed by atoms with Gasteiger partial charge in [0.2, 0.25) is 0 Å².